The van der Waals surface area contributed by atoms with Crippen molar-refractivity contribution in [3.63, 3.8) is 0 Å². The lowest BCUT2D eigenvalue weighted by molar-refractivity contribution is 0.0936. The average molecular weight is 259 g/mol. The molecular weight excluding hydrogens is 242 g/mol. The zero-order valence-electron chi connectivity index (χ0n) is 11.0. The van der Waals surface area contributed by atoms with Gasteiger partial charge in [0, 0.05) is 30.5 Å². The highest BCUT2D eigenvalue weighted by Gasteiger charge is 2.11. The van der Waals surface area contributed by atoms with Crippen LogP contribution in [0.15, 0.2) is 36.9 Å². The van der Waals surface area contributed by atoms with Crippen molar-refractivity contribution in [3.05, 3.63) is 48.0 Å². The minimum absolute atomic E-state index is 0.0230. The first-order valence-corrected chi connectivity index (χ1v) is 6.12. The Kier molecular flexibility index (Phi) is 3.85. The fourth-order valence-corrected chi connectivity index (χ4v) is 1.81. The molecule has 2 aromatic rings. The summed E-state index contributed by atoms with van der Waals surface area (Å²) in [6, 6.07) is 4.89. The van der Waals surface area contributed by atoms with Gasteiger partial charge in [0.1, 0.15) is 5.75 Å². The number of benzene rings is 1. The van der Waals surface area contributed by atoms with Crippen LogP contribution in [0.2, 0.25) is 0 Å². The van der Waals surface area contributed by atoms with E-state index in [0.29, 0.717) is 12.1 Å². The standard InChI is InChI=1S/C14H17N3O2/c1-10-3-4-12(7-13(10)18)14(19)16-11(2)8-17-6-5-15-9-17/h3-7,9,11,18H,8H2,1-2H3,(H,16,19). The lowest BCUT2D eigenvalue weighted by Gasteiger charge is -2.14. The number of nitrogens with one attached hydrogen (secondary N) is 1. The third kappa shape index (κ3) is 3.34. The summed E-state index contributed by atoms with van der Waals surface area (Å²) in [5.41, 5.74) is 1.21. The van der Waals surface area contributed by atoms with Gasteiger partial charge in [0.15, 0.2) is 0 Å². The molecule has 0 aliphatic heterocycles. The Morgan fingerprint density at radius 3 is 2.95 bits per heavy atom. The van der Waals surface area contributed by atoms with Crippen LogP contribution < -0.4 is 5.32 Å². The number of aromatic hydroxyl groups is 1. The molecule has 2 N–H and O–H groups in total. The van der Waals surface area contributed by atoms with Gasteiger partial charge in [0.2, 0.25) is 0 Å². The predicted octanol–water partition coefficient (Wildman–Crippen LogP) is 1.72. The van der Waals surface area contributed by atoms with E-state index in [9.17, 15) is 9.90 Å². The SMILES string of the molecule is Cc1ccc(C(=O)NC(C)Cn2ccnc2)cc1O. The number of nitrogens with zero attached hydrogens (tertiary/aromatic N) is 2. The number of rotatable bonds is 4. The molecule has 1 unspecified atom stereocenters. The molecule has 5 nitrogen and oxygen atoms in total. The zero-order chi connectivity index (χ0) is 13.8. The Balaban J connectivity index is 1.98. The summed E-state index contributed by atoms with van der Waals surface area (Å²) in [6.45, 7) is 4.37. The highest BCUT2D eigenvalue weighted by Crippen LogP contribution is 2.17. The number of phenols is 1. The molecule has 1 aromatic heterocycles. The Hall–Kier alpha value is -2.30. The molecule has 1 atom stereocenters. The maximum absolute atomic E-state index is 12.0. The van der Waals surface area contributed by atoms with Crippen LogP contribution in [-0.4, -0.2) is 26.6 Å². The largest absolute Gasteiger partial charge is 0.508 e. The maximum Gasteiger partial charge on any atom is 0.251 e. The van der Waals surface area contributed by atoms with E-state index in [0.717, 1.165) is 5.56 Å². The van der Waals surface area contributed by atoms with E-state index in [1.807, 2.05) is 17.7 Å². The number of carbonyl (C=O) groups is 1. The van der Waals surface area contributed by atoms with Crippen LogP contribution in [-0.2, 0) is 6.54 Å². The summed E-state index contributed by atoms with van der Waals surface area (Å²) in [5, 5.41) is 12.5. The molecule has 1 amide bonds. The molecule has 0 aliphatic rings. The number of phenolic OH excluding ortho intramolecular Hbond substituents is 1. The topological polar surface area (TPSA) is 67.2 Å². The number of aryl methyl sites for hydroxylation is 1. The van der Waals surface area contributed by atoms with E-state index < -0.39 is 0 Å². The van der Waals surface area contributed by atoms with Crippen molar-refractivity contribution in [1.29, 1.82) is 0 Å². The first-order valence-electron chi connectivity index (χ1n) is 6.12. The van der Waals surface area contributed by atoms with Crippen LogP contribution in [0.3, 0.4) is 0 Å². The molecule has 0 fully saturated rings. The van der Waals surface area contributed by atoms with E-state index in [1.165, 1.54) is 6.07 Å². The minimum atomic E-state index is -0.192. The van der Waals surface area contributed by atoms with Gasteiger partial charge < -0.3 is 15.0 Å². The third-order valence-electron chi connectivity index (χ3n) is 2.89. The number of aromatic nitrogens is 2. The van der Waals surface area contributed by atoms with Crippen LogP contribution >= 0.6 is 0 Å². The first kappa shape index (κ1) is 13.1. The van der Waals surface area contributed by atoms with E-state index in [4.69, 9.17) is 0 Å². The van der Waals surface area contributed by atoms with Gasteiger partial charge in [0.05, 0.1) is 6.33 Å². The summed E-state index contributed by atoms with van der Waals surface area (Å²) >= 11 is 0. The molecule has 0 bridgehead atoms. The molecule has 0 aliphatic carbocycles. The van der Waals surface area contributed by atoms with Gasteiger partial charge in [-0.05, 0) is 31.5 Å². The van der Waals surface area contributed by atoms with Gasteiger partial charge >= 0.3 is 0 Å². The lowest BCUT2D eigenvalue weighted by Crippen LogP contribution is -2.35. The molecule has 100 valence electrons. The van der Waals surface area contributed by atoms with E-state index in [-0.39, 0.29) is 17.7 Å². The number of hydrogen-bond acceptors (Lipinski definition) is 3. The molecule has 5 heteroatoms. The second-order valence-corrected chi connectivity index (χ2v) is 4.64. The highest BCUT2D eigenvalue weighted by molar-refractivity contribution is 5.94. The zero-order valence-corrected chi connectivity index (χ0v) is 11.0. The molecule has 0 radical (unpaired) electrons. The Morgan fingerprint density at radius 2 is 2.32 bits per heavy atom. The van der Waals surface area contributed by atoms with Crippen LogP contribution in [0.1, 0.15) is 22.8 Å². The number of carbonyl (C=O) groups excluding carboxylic acids is 1. The summed E-state index contributed by atoms with van der Waals surface area (Å²) in [5.74, 6) is -0.0576. The van der Waals surface area contributed by atoms with E-state index >= 15 is 0 Å². The highest BCUT2D eigenvalue weighted by atomic mass is 16.3. The van der Waals surface area contributed by atoms with Crippen molar-refractivity contribution in [2.24, 2.45) is 0 Å². The molecule has 2 rings (SSSR count). The molecule has 0 spiro atoms. The lowest BCUT2D eigenvalue weighted by atomic mass is 10.1. The molecular formula is C14H17N3O2. The second-order valence-electron chi connectivity index (χ2n) is 4.64. The second kappa shape index (κ2) is 5.56. The molecule has 0 saturated heterocycles. The number of imidazole rings is 1. The van der Waals surface area contributed by atoms with Gasteiger partial charge in [-0.1, -0.05) is 6.07 Å². The Bertz CT molecular complexity index is 564. The normalized spacial score (nSPS) is 12.1. The monoisotopic (exact) mass is 259 g/mol. The Labute approximate surface area is 111 Å². The van der Waals surface area contributed by atoms with Crippen LogP contribution in [0, 0.1) is 6.92 Å². The van der Waals surface area contributed by atoms with Crippen molar-refractivity contribution in [3.8, 4) is 5.75 Å². The summed E-state index contributed by atoms with van der Waals surface area (Å²) in [6.07, 6.45) is 5.26. The summed E-state index contributed by atoms with van der Waals surface area (Å²) < 4.78 is 1.90. The first-order chi connectivity index (χ1) is 9.06. The number of hydrogen-bond donors (Lipinski definition) is 2. The molecule has 0 saturated carbocycles. The van der Waals surface area contributed by atoms with E-state index in [1.54, 1.807) is 31.6 Å². The van der Waals surface area contributed by atoms with Crippen molar-refractivity contribution in [1.82, 2.24) is 14.9 Å². The third-order valence-corrected chi connectivity index (χ3v) is 2.89. The van der Waals surface area contributed by atoms with Crippen molar-refractivity contribution in [2.75, 3.05) is 0 Å². The van der Waals surface area contributed by atoms with Gasteiger partial charge in [-0.15, -0.1) is 0 Å². The molecule has 1 aromatic carbocycles. The van der Waals surface area contributed by atoms with Crippen molar-refractivity contribution < 1.29 is 9.90 Å². The fourth-order valence-electron chi connectivity index (χ4n) is 1.81. The summed E-state index contributed by atoms with van der Waals surface area (Å²) in [7, 11) is 0. The average Bonchev–Trinajstić information content (AvgIpc) is 2.85. The molecule has 19 heavy (non-hydrogen) atoms. The number of amides is 1. The van der Waals surface area contributed by atoms with E-state index in [2.05, 4.69) is 10.3 Å². The van der Waals surface area contributed by atoms with Crippen LogP contribution in [0.4, 0.5) is 0 Å². The minimum Gasteiger partial charge on any atom is -0.508 e. The molecule has 1 heterocycles. The van der Waals surface area contributed by atoms with Gasteiger partial charge in [-0.25, -0.2) is 4.98 Å². The smallest absolute Gasteiger partial charge is 0.251 e. The fraction of sp³-hybridized carbons (Fsp3) is 0.286. The predicted molar refractivity (Wildman–Crippen MR) is 72.0 cm³/mol. The summed E-state index contributed by atoms with van der Waals surface area (Å²) in [4.78, 5) is 16.0. The van der Waals surface area contributed by atoms with Gasteiger partial charge in [-0.3, -0.25) is 4.79 Å². The maximum atomic E-state index is 12.0. The van der Waals surface area contributed by atoms with Crippen LogP contribution in [0.5, 0.6) is 5.75 Å². The quantitative estimate of drug-likeness (QED) is 0.878. The van der Waals surface area contributed by atoms with Crippen LogP contribution in [0.25, 0.3) is 0 Å². The van der Waals surface area contributed by atoms with Gasteiger partial charge in [-0.2, -0.15) is 0 Å². The van der Waals surface area contributed by atoms with Crippen molar-refractivity contribution >= 4 is 5.91 Å². The van der Waals surface area contributed by atoms with Crippen molar-refractivity contribution in [2.45, 2.75) is 26.4 Å². The Morgan fingerprint density at radius 1 is 1.53 bits per heavy atom. The van der Waals surface area contributed by atoms with Gasteiger partial charge in [0.25, 0.3) is 5.91 Å².